The minimum Gasteiger partial charge on any atom is -0.481 e. The highest BCUT2D eigenvalue weighted by atomic mass is 16.5. The van der Waals surface area contributed by atoms with Gasteiger partial charge in [0.15, 0.2) is 6.10 Å². The van der Waals surface area contributed by atoms with Crippen molar-refractivity contribution >= 4 is 5.91 Å². The van der Waals surface area contributed by atoms with Crippen LogP contribution >= 0.6 is 0 Å². The Morgan fingerprint density at radius 2 is 2.14 bits per heavy atom. The van der Waals surface area contributed by atoms with E-state index in [0.717, 1.165) is 25.3 Å². The van der Waals surface area contributed by atoms with Gasteiger partial charge in [0.05, 0.1) is 0 Å². The fourth-order valence-electron chi connectivity index (χ4n) is 2.85. The zero-order valence-corrected chi connectivity index (χ0v) is 13.7. The predicted molar refractivity (Wildman–Crippen MR) is 85.6 cm³/mol. The smallest absolute Gasteiger partial charge is 0.263 e. The molecular formula is C18H27NO2. The van der Waals surface area contributed by atoms with Crippen molar-refractivity contribution in [3.63, 3.8) is 0 Å². The van der Waals surface area contributed by atoms with Crippen molar-refractivity contribution in [1.29, 1.82) is 0 Å². The number of nitrogens with zero attached hydrogens (tertiary/aromatic N) is 1. The number of likely N-dealkylation sites (tertiary alicyclic amines) is 1. The zero-order chi connectivity index (χ0) is 15.4. The van der Waals surface area contributed by atoms with Crippen LogP contribution in [-0.2, 0) is 4.79 Å². The summed E-state index contributed by atoms with van der Waals surface area (Å²) in [5.41, 5.74) is 2.44. The van der Waals surface area contributed by atoms with Crippen LogP contribution in [0, 0.1) is 19.8 Å². The molecule has 0 radical (unpaired) electrons. The minimum absolute atomic E-state index is 0.141. The minimum atomic E-state index is -0.364. The van der Waals surface area contributed by atoms with Crippen LogP contribution < -0.4 is 4.74 Å². The second-order valence-corrected chi connectivity index (χ2v) is 6.29. The Labute approximate surface area is 128 Å². The van der Waals surface area contributed by atoms with E-state index in [1.54, 1.807) is 0 Å². The number of carbonyl (C=O) groups is 1. The van der Waals surface area contributed by atoms with Crippen molar-refractivity contribution in [3.8, 4) is 5.75 Å². The number of aryl methyl sites for hydroxylation is 2. The summed E-state index contributed by atoms with van der Waals surface area (Å²) in [6.07, 6.45) is 2.67. The summed E-state index contributed by atoms with van der Waals surface area (Å²) in [5, 5.41) is 0. The molecule has 0 bridgehead atoms. The van der Waals surface area contributed by atoms with Crippen LogP contribution in [0.2, 0.25) is 0 Å². The highest BCUT2D eigenvalue weighted by molar-refractivity contribution is 5.81. The van der Waals surface area contributed by atoms with E-state index in [9.17, 15) is 4.79 Å². The first-order valence-corrected chi connectivity index (χ1v) is 8.04. The first kappa shape index (κ1) is 15.9. The van der Waals surface area contributed by atoms with E-state index in [2.05, 4.69) is 20.8 Å². The second-order valence-electron chi connectivity index (χ2n) is 6.29. The van der Waals surface area contributed by atoms with Gasteiger partial charge in [0, 0.05) is 13.1 Å². The number of piperidine rings is 1. The summed E-state index contributed by atoms with van der Waals surface area (Å²) in [5.74, 6) is 1.53. The predicted octanol–water partition coefficient (Wildman–Crippen LogP) is 3.72. The monoisotopic (exact) mass is 289 g/mol. The average molecular weight is 289 g/mol. The number of hydrogen-bond acceptors (Lipinski definition) is 2. The number of ether oxygens (including phenoxy) is 1. The standard InChI is InChI=1S/C18H27NO2/c1-5-17(18(20)19-10-6-7-13(2)12-19)21-16-9-8-14(3)15(4)11-16/h8-9,11,13,17H,5-7,10,12H2,1-4H3. The summed E-state index contributed by atoms with van der Waals surface area (Å²) in [6, 6.07) is 6.02. The molecule has 1 aromatic rings. The molecule has 1 saturated heterocycles. The molecule has 1 amide bonds. The Morgan fingerprint density at radius 3 is 2.76 bits per heavy atom. The van der Waals surface area contributed by atoms with Gasteiger partial charge in [0.1, 0.15) is 5.75 Å². The van der Waals surface area contributed by atoms with Crippen LogP contribution in [0.3, 0.4) is 0 Å². The largest absolute Gasteiger partial charge is 0.481 e. The fourth-order valence-corrected chi connectivity index (χ4v) is 2.85. The molecule has 1 aromatic carbocycles. The summed E-state index contributed by atoms with van der Waals surface area (Å²) >= 11 is 0. The third-order valence-electron chi connectivity index (χ3n) is 4.37. The van der Waals surface area contributed by atoms with Gasteiger partial charge in [-0.15, -0.1) is 0 Å². The Morgan fingerprint density at radius 1 is 1.38 bits per heavy atom. The maximum absolute atomic E-state index is 12.6. The SMILES string of the molecule is CCC(Oc1ccc(C)c(C)c1)C(=O)N1CCCC(C)C1. The van der Waals surface area contributed by atoms with Crippen molar-refractivity contribution in [3.05, 3.63) is 29.3 Å². The van der Waals surface area contributed by atoms with E-state index in [-0.39, 0.29) is 12.0 Å². The Balaban J connectivity index is 2.04. The van der Waals surface area contributed by atoms with E-state index >= 15 is 0 Å². The molecule has 3 nitrogen and oxygen atoms in total. The van der Waals surface area contributed by atoms with Crippen molar-refractivity contribution in [2.75, 3.05) is 13.1 Å². The van der Waals surface area contributed by atoms with Gasteiger partial charge in [-0.25, -0.2) is 0 Å². The average Bonchev–Trinajstić information content (AvgIpc) is 2.47. The van der Waals surface area contributed by atoms with Crippen molar-refractivity contribution in [1.82, 2.24) is 4.90 Å². The Bertz CT molecular complexity index is 498. The lowest BCUT2D eigenvalue weighted by molar-refractivity contribution is -0.140. The van der Waals surface area contributed by atoms with Gasteiger partial charge in [-0.1, -0.05) is 19.9 Å². The molecule has 116 valence electrons. The number of carbonyl (C=O) groups excluding carboxylic acids is 1. The van der Waals surface area contributed by atoms with Crippen LogP contribution in [0.4, 0.5) is 0 Å². The molecule has 1 aliphatic heterocycles. The van der Waals surface area contributed by atoms with E-state index in [1.165, 1.54) is 17.5 Å². The highest BCUT2D eigenvalue weighted by Gasteiger charge is 2.27. The van der Waals surface area contributed by atoms with Gasteiger partial charge in [-0.05, 0) is 62.3 Å². The van der Waals surface area contributed by atoms with Crippen LogP contribution in [0.15, 0.2) is 18.2 Å². The molecule has 0 saturated carbocycles. The molecule has 1 aliphatic rings. The molecule has 3 heteroatoms. The lowest BCUT2D eigenvalue weighted by Crippen LogP contribution is -2.46. The topological polar surface area (TPSA) is 29.5 Å². The summed E-state index contributed by atoms with van der Waals surface area (Å²) in [7, 11) is 0. The van der Waals surface area contributed by atoms with Crippen LogP contribution in [0.5, 0.6) is 5.75 Å². The Hall–Kier alpha value is -1.51. The van der Waals surface area contributed by atoms with Crippen molar-refractivity contribution in [2.45, 2.75) is 53.1 Å². The maximum Gasteiger partial charge on any atom is 0.263 e. The molecule has 2 unspecified atom stereocenters. The molecule has 2 atom stereocenters. The third kappa shape index (κ3) is 3.99. The molecule has 0 aromatic heterocycles. The van der Waals surface area contributed by atoms with Gasteiger partial charge in [-0.3, -0.25) is 4.79 Å². The number of amides is 1. The lowest BCUT2D eigenvalue weighted by atomic mass is 9.99. The molecule has 0 N–H and O–H groups in total. The highest BCUT2D eigenvalue weighted by Crippen LogP contribution is 2.21. The Kier molecular flexibility index (Phi) is 5.27. The molecule has 1 heterocycles. The first-order valence-electron chi connectivity index (χ1n) is 8.04. The summed E-state index contributed by atoms with van der Waals surface area (Å²) in [6.45, 7) is 10.1. The van der Waals surface area contributed by atoms with Gasteiger partial charge >= 0.3 is 0 Å². The second kappa shape index (κ2) is 6.97. The lowest BCUT2D eigenvalue weighted by Gasteiger charge is -2.33. The number of hydrogen-bond donors (Lipinski definition) is 0. The molecule has 21 heavy (non-hydrogen) atoms. The van der Waals surface area contributed by atoms with Gasteiger partial charge < -0.3 is 9.64 Å². The van der Waals surface area contributed by atoms with Crippen LogP contribution in [-0.4, -0.2) is 30.0 Å². The van der Waals surface area contributed by atoms with E-state index < -0.39 is 0 Å². The fraction of sp³-hybridized carbons (Fsp3) is 0.611. The van der Waals surface area contributed by atoms with Gasteiger partial charge in [0.2, 0.25) is 0 Å². The van der Waals surface area contributed by atoms with Crippen molar-refractivity contribution in [2.24, 2.45) is 5.92 Å². The van der Waals surface area contributed by atoms with Crippen LogP contribution in [0.25, 0.3) is 0 Å². The van der Waals surface area contributed by atoms with Crippen LogP contribution in [0.1, 0.15) is 44.2 Å². The molecule has 2 rings (SSSR count). The summed E-state index contributed by atoms with van der Waals surface area (Å²) in [4.78, 5) is 14.6. The normalized spacial score (nSPS) is 20.2. The number of rotatable bonds is 4. The van der Waals surface area contributed by atoms with E-state index in [0.29, 0.717) is 12.3 Å². The zero-order valence-electron chi connectivity index (χ0n) is 13.7. The van der Waals surface area contributed by atoms with Gasteiger partial charge in [-0.2, -0.15) is 0 Å². The molecule has 0 aliphatic carbocycles. The number of benzene rings is 1. The maximum atomic E-state index is 12.6. The first-order chi connectivity index (χ1) is 10.0. The molecule has 1 fully saturated rings. The quantitative estimate of drug-likeness (QED) is 0.845. The summed E-state index contributed by atoms with van der Waals surface area (Å²) < 4.78 is 5.96. The van der Waals surface area contributed by atoms with Crippen molar-refractivity contribution < 1.29 is 9.53 Å². The third-order valence-corrected chi connectivity index (χ3v) is 4.37. The van der Waals surface area contributed by atoms with Gasteiger partial charge in [0.25, 0.3) is 5.91 Å². The molecule has 0 spiro atoms. The van der Waals surface area contributed by atoms with E-state index in [4.69, 9.17) is 4.74 Å². The van der Waals surface area contributed by atoms with E-state index in [1.807, 2.05) is 30.0 Å². The molecular weight excluding hydrogens is 262 g/mol.